The van der Waals surface area contributed by atoms with Gasteiger partial charge < -0.3 is 5.11 Å². The molecule has 0 saturated heterocycles. The lowest BCUT2D eigenvalue weighted by atomic mass is 10.1. The van der Waals surface area contributed by atoms with E-state index in [0.29, 0.717) is 0 Å². The second kappa shape index (κ2) is 3.42. The largest absolute Gasteiger partial charge is 0.395 e. The topological polar surface area (TPSA) is 50.9 Å². The van der Waals surface area contributed by atoms with Crippen LogP contribution in [0.3, 0.4) is 0 Å². The fourth-order valence-electron chi connectivity index (χ4n) is 1.86. The third kappa shape index (κ3) is 1.42. The molecule has 1 fully saturated rings. The van der Waals surface area contributed by atoms with Crippen LogP contribution in [0, 0.1) is 0 Å². The minimum atomic E-state index is -0.104. The van der Waals surface area contributed by atoms with Crippen molar-refractivity contribution in [1.29, 1.82) is 0 Å². The molecule has 82 valence electrons. The molecule has 16 heavy (non-hydrogen) atoms. The van der Waals surface area contributed by atoms with E-state index in [2.05, 4.69) is 10.3 Å². The fraction of sp³-hybridized carbons (Fsp3) is 0.333. The van der Waals surface area contributed by atoms with E-state index in [4.69, 9.17) is 0 Å². The highest BCUT2D eigenvalue weighted by atomic mass is 16.3. The number of aliphatic hydroxyl groups is 1. The van der Waals surface area contributed by atoms with Crippen LogP contribution in [0.1, 0.15) is 18.5 Å². The van der Waals surface area contributed by atoms with Crippen LogP contribution in [-0.4, -0.2) is 26.7 Å². The Balaban J connectivity index is 1.94. The van der Waals surface area contributed by atoms with Gasteiger partial charge >= 0.3 is 0 Å². The van der Waals surface area contributed by atoms with Crippen LogP contribution in [0.5, 0.6) is 0 Å². The summed E-state index contributed by atoms with van der Waals surface area (Å²) in [6.45, 7) is 0.167. The average Bonchev–Trinajstić information content (AvgIpc) is 3.00. The summed E-state index contributed by atoms with van der Waals surface area (Å²) in [5.41, 5.74) is 1.79. The lowest BCUT2D eigenvalue weighted by Gasteiger charge is -2.05. The van der Waals surface area contributed by atoms with E-state index in [1.54, 1.807) is 4.68 Å². The van der Waals surface area contributed by atoms with Crippen molar-refractivity contribution in [2.75, 3.05) is 6.61 Å². The number of nitrogens with zero attached hydrogens (tertiary/aromatic N) is 3. The van der Waals surface area contributed by atoms with E-state index in [1.165, 1.54) is 0 Å². The Morgan fingerprint density at radius 2 is 2.00 bits per heavy atom. The third-order valence-electron chi connectivity index (χ3n) is 3.21. The molecule has 0 bridgehead atoms. The number of para-hydroxylation sites is 1. The first kappa shape index (κ1) is 9.54. The zero-order chi connectivity index (χ0) is 11.0. The number of aliphatic hydroxyl groups excluding tert-OH is 1. The number of aromatic nitrogens is 3. The summed E-state index contributed by atoms with van der Waals surface area (Å²) in [6, 6.07) is 9.87. The van der Waals surface area contributed by atoms with E-state index in [9.17, 15) is 5.11 Å². The molecule has 0 unspecified atom stereocenters. The van der Waals surface area contributed by atoms with Gasteiger partial charge in [0.15, 0.2) is 0 Å². The van der Waals surface area contributed by atoms with Crippen molar-refractivity contribution in [1.82, 2.24) is 15.0 Å². The molecule has 1 saturated carbocycles. The van der Waals surface area contributed by atoms with Gasteiger partial charge in [0, 0.05) is 5.41 Å². The van der Waals surface area contributed by atoms with Gasteiger partial charge in [0.25, 0.3) is 0 Å². The van der Waals surface area contributed by atoms with E-state index in [-0.39, 0.29) is 12.0 Å². The van der Waals surface area contributed by atoms with Crippen molar-refractivity contribution in [2.45, 2.75) is 18.3 Å². The molecule has 1 aromatic carbocycles. The Bertz CT molecular complexity index is 488. The molecule has 0 aliphatic heterocycles. The number of hydrogen-bond acceptors (Lipinski definition) is 3. The fourth-order valence-corrected chi connectivity index (χ4v) is 1.86. The van der Waals surface area contributed by atoms with Crippen LogP contribution in [-0.2, 0) is 5.41 Å². The van der Waals surface area contributed by atoms with Gasteiger partial charge in [-0.1, -0.05) is 23.4 Å². The summed E-state index contributed by atoms with van der Waals surface area (Å²) in [4.78, 5) is 0. The van der Waals surface area contributed by atoms with Crippen LogP contribution in [0.15, 0.2) is 36.5 Å². The summed E-state index contributed by atoms with van der Waals surface area (Å²) in [6.07, 6.45) is 3.94. The summed E-state index contributed by atoms with van der Waals surface area (Å²) in [5.74, 6) is 0. The zero-order valence-corrected chi connectivity index (χ0v) is 8.87. The van der Waals surface area contributed by atoms with Crippen LogP contribution in [0.4, 0.5) is 0 Å². The second-order valence-corrected chi connectivity index (χ2v) is 4.32. The van der Waals surface area contributed by atoms with Gasteiger partial charge in [-0.25, -0.2) is 4.68 Å². The Labute approximate surface area is 93.5 Å². The summed E-state index contributed by atoms with van der Waals surface area (Å²) < 4.78 is 1.76. The predicted octanol–water partition coefficient (Wildman–Crippen LogP) is 1.29. The molecule has 0 radical (unpaired) electrons. The molecule has 2 aromatic rings. The van der Waals surface area contributed by atoms with Crippen LogP contribution in [0.2, 0.25) is 0 Å². The molecule has 3 rings (SSSR count). The van der Waals surface area contributed by atoms with Crippen molar-refractivity contribution < 1.29 is 5.11 Å². The number of rotatable bonds is 3. The van der Waals surface area contributed by atoms with Gasteiger partial charge in [-0.2, -0.15) is 0 Å². The Kier molecular flexibility index (Phi) is 2.04. The maximum Gasteiger partial charge on any atom is 0.0916 e. The molecule has 1 N–H and O–H groups in total. The minimum Gasteiger partial charge on any atom is -0.395 e. The first-order valence-corrected chi connectivity index (χ1v) is 5.43. The van der Waals surface area contributed by atoms with Gasteiger partial charge in [-0.15, -0.1) is 5.10 Å². The highest BCUT2D eigenvalue weighted by Gasteiger charge is 2.46. The SMILES string of the molecule is OCC1(c2cn(-c3ccccc3)nn2)CC1. The number of benzene rings is 1. The maximum atomic E-state index is 9.31. The van der Waals surface area contributed by atoms with Crippen molar-refractivity contribution in [3.63, 3.8) is 0 Å². The monoisotopic (exact) mass is 215 g/mol. The molecule has 0 atom stereocenters. The molecule has 1 aliphatic carbocycles. The molecular formula is C12H13N3O. The van der Waals surface area contributed by atoms with E-state index in [0.717, 1.165) is 24.2 Å². The highest BCUT2D eigenvalue weighted by Crippen LogP contribution is 2.46. The van der Waals surface area contributed by atoms with Crippen LogP contribution >= 0.6 is 0 Å². The lowest BCUT2D eigenvalue weighted by Crippen LogP contribution is -2.12. The van der Waals surface area contributed by atoms with Gasteiger partial charge in [-0.3, -0.25) is 0 Å². The Hall–Kier alpha value is -1.68. The molecule has 0 spiro atoms. The highest BCUT2D eigenvalue weighted by molar-refractivity contribution is 5.32. The lowest BCUT2D eigenvalue weighted by molar-refractivity contribution is 0.252. The predicted molar refractivity (Wildman–Crippen MR) is 59.4 cm³/mol. The molecule has 4 heteroatoms. The molecule has 1 heterocycles. The molecule has 0 amide bonds. The summed E-state index contributed by atoms with van der Waals surface area (Å²) >= 11 is 0. The average molecular weight is 215 g/mol. The Morgan fingerprint density at radius 1 is 1.25 bits per heavy atom. The van der Waals surface area contributed by atoms with Crippen LogP contribution < -0.4 is 0 Å². The normalized spacial score (nSPS) is 17.3. The van der Waals surface area contributed by atoms with E-state index < -0.39 is 0 Å². The molecule has 4 nitrogen and oxygen atoms in total. The quantitative estimate of drug-likeness (QED) is 0.839. The standard InChI is InChI=1S/C12H13N3O/c16-9-12(6-7-12)11-8-15(14-13-11)10-4-2-1-3-5-10/h1-5,8,16H,6-7,9H2. The van der Waals surface area contributed by atoms with Gasteiger partial charge in [0.2, 0.25) is 0 Å². The van der Waals surface area contributed by atoms with Crippen molar-refractivity contribution in [3.05, 3.63) is 42.2 Å². The van der Waals surface area contributed by atoms with E-state index in [1.807, 2.05) is 36.5 Å². The first-order chi connectivity index (χ1) is 7.84. The summed E-state index contributed by atoms with van der Waals surface area (Å²) in [5, 5.41) is 17.6. The van der Waals surface area contributed by atoms with Gasteiger partial charge in [0.05, 0.1) is 24.2 Å². The van der Waals surface area contributed by atoms with Crippen molar-refractivity contribution >= 4 is 0 Å². The molecule has 1 aromatic heterocycles. The zero-order valence-electron chi connectivity index (χ0n) is 8.87. The smallest absolute Gasteiger partial charge is 0.0916 e. The maximum absolute atomic E-state index is 9.31. The van der Waals surface area contributed by atoms with Gasteiger partial charge in [0.1, 0.15) is 0 Å². The first-order valence-electron chi connectivity index (χ1n) is 5.43. The second-order valence-electron chi connectivity index (χ2n) is 4.32. The van der Waals surface area contributed by atoms with Crippen molar-refractivity contribution in [3.8, 4) is 5.69 Å². The summed E-state index contributed by atoms with van der Waals surface area (Å²) in [7, 11) is 0. The van der Waals surface area contributed by atoms with Crippen LogP contribution in [0.25, 0.3) is 5.69 Å². The van der Waals surface area contributed by atoms with Crippen molar-refractivity contribution in [2.24, 2.45) is 0 Å². The molecular weight excluding hydrogens is 202 g/mol. The van der Waals surface area contributed by atoms with E-state index >= 15 is 0 Å². The minimum absolute atomic E-state index is 0.104. The Morgan fingerprint density at radius 3 is 2.62 bits per heavy atom. The van der Waals surface area contributed by atoms with Gasteiger partial charge in [-0.05, 0) is 25.0 Å². The number of hydrogen-bond donors (Lipinski definition) is 1. The third-order valence-corrected chi connectivity index (χ3v) is 3.21. The molecule has 1 aliphatic rings.